The third-order valence-electron chi connectivity index (χ3n) is 5.17. The topological polar surface area (TPSA) is 81.8 Å². The molecule has 0 spiro atoms. The van der Waals surface area contributed by atoms with Gasteiger partial charge in [0.05, 0.1) is 23.8 Å². The number of rotatable bonds is 4. The molecule has 4 rings (SSSR count). The summed E-state index contributed by atoms with van der Waals surface area (Å²) in [6.45, 7) is 11.7. The van der Waals surface area contributed by atoms with Crippen LogP contribution in [0.2, 0.25) is 0 Å². The lowest BCUT2D eigenvalue weighted by Gasteiger charge is -2.31. The molecule has 1 aliphatic heterocycles. The standard InChI is InChI=1S/C23H22FN5O3/c1-14(2)31-23(30)29-10-7-16(8-11-29)32-22-18-6-9-26-20(21(18)27-13-28-22)17-5-4-15(25-3)12-19(17)24/h4-6,9,12-14,16H,7-8,10-11H2,1-2H3. The summed E-state index contributed by atoms with van der Waals surface area (Å²) in [6, 6.07) is 5.98. The summed E-state index contributed by atoms with van der Waals surface area (Å²) in [5.74, 6) is -0.153. The van der Waals surface area contributed by atoms with Crippen LogP contribution in [0, 0.1) is 12.4 Å². The van der Waals surface area contributed by atoms with Gasteiger partial charge >= 0.3 is 6.09 Å². The van der Waals surface area contributed by atoms with E-state index in [1.807, 2.05) is 13.8 Å². The number of likely N-dealkylation sites (tertiary alicyclic amines) is 1. The van der Waals surface area contributed by atoms with E-state index in [0.717, 1.165) is 0 Å². The average molecular weight is 435 g/mol. The van der Waals surface area contributed by atoms with Gasteiger partial charge in [-0.25, -0.2) is 24.0 Å². The van der Waals surface area contributed by atoms with Crippen LogP contribution in [-0.4, -0.2) is 51.2 Å². The molecule has 0 N–H and O–H groups in total. The van der Waals surface area contributed by atoms with Gasteiger partial charge in [0.2, 0.25) is 5.88 Å². The molecule has 1 aliphatic rings. The predicted molar refractivity (Wildman–Crippen MR) is 116 cm³/mol. The van der Waals surface area contributed by atoms with E-state index in [4.69, 9.17) is 16.0 Å². The van der Waals surface area contributed by atoms with Crippen LogP contribution in [0.1, 0.15) is 26.7 Å². The van der Waals surface area contributed by atoms with E-state index in [1.54, 1.807) is 23.2 Å². The SMILES string of the molecule is [C-]#[N+]c1ccc(-c2nccc3c(OC4CCN(C(=O)OC(C)C)CC4)ncnc23)c(F)c1. The Balaban J connectivity index is 1.55. The van der Waals surface area contributed by atoms with Crippen molar-refractivity contribution in [3.8, 4) is 17.1 Å². The first kappa shape index (κ1) is 21.4. The molecule has 9 heteroatoms. The molecular weight excluding hydrogens is 413 g/mol. The number of benzene rings is 1. The molecule has 1 saturated heterocycles. The minimum atomic E-state index is -0.541. The van der Waals surface area contributed by atoms with Crippen molar-refractivity contribution in [2.24, 2.45) is 0 Å². The minimum absolute atomic E-state index is 0.123. The van der Waals surface area contributed by atoms with E-state index in [9.17, 15) is 9.18 Å². The van der Waals surface area contributed by atoms with Crippen molar-refractivity contribution in [1.82, 2.24) is 19.9 Å². The zero-order valence-electron chi connectivity index (χ0n) is 17.8. The third kappa shape index (κ3) is 4.44. The first-order valence-corrected chi connectivity index (χ1v) is 10.4. The Kier molecular flexibility index (Phi) is 6.12. The summed E-state index contributed by atoms with van der Waals surface area (Å²) < 4.78 is 26.0. The van der Waals surface area contributed by atoms with Crippen molar-refractivity contribution in [3.63, 3.8) is 0 Å². The maximum Gasteiger partial charge on any atom is 0.410 e. The summed E-state index contributed by atoms with van der Waals surface area (Å²) in [7, 11) is 0. The Hall–Kier alpha value is -3.80. The molecule has 0 unspecified atom stereocenters. The average Bonchev–Trinajstić information content (AvgIpc) is 2.79. The summed E-state index contributed by atoms with van der Waals surface area (Å²) in [4.78, 5) is 29.9. The van der Waals surface area contributed by atoms with Gasteiger partial charge in [0.25, 0.3) is 0 Å². The molecule has 3 heterocycles. The lowest BCUT2D eigenvalue weighted by Crippen LogP contribution is -2.42. The molecule has 0 radical (unpaired) electrons. The van der Waals surface area contributed by atoms with Crippen molar-refractivity contribution in [2.75, 3.05) is 13.1 Å². The van der Waals surface area contributed by atoms with E-state index in [1.165, 1.54) is 18.5 Å². The number of amides is 1. The highest BCUT2D eigenvalue weighted by Crippen LogP contribution is 2.32. The Bertz CT molecular complexity index is 1190. The molecule has 2 aromatic heterocycles. The maximum absolute atomic E-state index is 14.6. The lowest BCUT2D eigenvalue weighted by atomic mass is 10.1. The van der Waals surface area contributed by atoms with Crippen molar-refractivity contribution in [3.05, 3.63) is 54.0 Å². The Morgan fingerprint density at radius 2 is 2.00 bits per heavy atom. The van der Waals surface area contributed by atoms with E-state index in [2.05, 4.69) is 19.8 Å². The van der Waals surface area contributed by atoms with Gasteiger partial charge in [0.15, 0.2) is 5.69 Å². The number of hydrogen-bond acceptors (Lipinski definition) is 6. The molecule has 0 saturated carbocycles. The summed E-state index contributed by atoms with van der Waals surface area (Å²) in [6.07, 6.45) is 3.61. The van der Waals surface area contributed by atoms with E-state index >= 15 is 0 Å². The number of carbonyl (C=O) groups is 1. The number of pyridine rings is 1. The zero-order valence-corrected chi connectivity index (χ0v) is 17.8. The fourth-order valence-electron chi connectivity index (χ4n) is 3.61. The van der Waals surface area contributed by atoms with Gasteiger partial charge in [-0.3, -0.25) is 4.98 Å². The van der Waals surface area contributed by atoms with Gasteiger partial charge in [-0.1, -0.05) is 12.1 Å². The first-order valence-electron chi connectivity index (χ1n) is 10.4. The summed E-state index contributed by atoms with van der Waals surface area (Å²) in [5, 5.41) is 0.618. The van der Waals surface area contributed by atoms with Crippen LogP contribution in [0.3, 0.4) is 0 Å². The van der Waals surface area contributed by atoms with Gasteiger partial charge in [-0.2, -0.15) is 0 Å². The second kappa shape index (κ2) is 9.14. The van der Waals surface area contributed by atoms with Crippen LogP contribution in [0.4, 0.5) is 14.9 Å². The van der Waals surface area contributed by atoms with E-state index < -0.39 is 5.82 Å². The highest BCUT2D eigenvalue weighted by atomic mass is 19.1. The van der Waals surface area contributed by atoms with Crippen LogP contribution in [-0.2, 0) is 4.74 Å². The van der Waals surface area contributed by atoms with Gasteiger partial charge in [0.1, 0.15) is 23.8 Å². The normalized spacial score (nSPS) is 14.4. The third-order valence-corrected chi connectivity index (χ3v) is 5.17. The second-order valence-corrected chi connectivity index (χ2v) is 7.75. The van der Waals surface area contributed by atoms with Gasteiger partial charge in [-0.15, -0.1) is 0 Å². The number of piperidine rings is 1. The molecule has 0 aliphatic carbocycles. The number of carbonyl (C=O) groups excluding carboxylic acids is 1. The van der Waals surface area contributed by atoms with Gasteiger partial charge in [0, 0.05) is 37.7 Å². The van der Waals surface area contributed by atoms with Crippen LogP contribution in [0.15, 0.2) is 36.8 Å². The highest BCUT2D eigenvalue weighted by molar-refractivity contribution is 5.94. The number of hydrogen-bond donors (Lipinski definition) is 0. The molecular formula is C23H22FN5O3. The number of ether oxygens (including phenoxy) is 2. The molecule has 8 nitrogen and oxygen atoms in total. The van der Waals surface area contributed by atoms with Crippen molar-refractivity contribution < 1.29 is 18.7 Å². The predicted octanol–water partition coefficient (Wildman–Crippen LogP) is 4.77. The van der Waals surface area contributed by atoms with Gasteiger partial charge in [-0.05, 0) is 26.0 Å². The molecule has 0 bridgehead atoms. The zero-order chi connectivity index (χ0) is 22.7. The van der Waals surface area contributed by atoms with E-state index in [0.29, 0.717) is 48.4 Å². The Morgan fingerprint density at radius 3 is 2.69 bits per heavy atom. The van der Waals surface area contributed by atoms with Crippen molar-refractivity contribution in [1.29, 1.82) is 0 Å². The van der Waals surface area contributed by atoms with Crippen molar-refractivity contribution in [2.45, 2.75) is 38.9 Å². The lowest BCUT2D eigenvalue weighted by molar-refractivity contribution is 0.0511. The second-order valence-electron chi connectivity index (χ2n) is 7.75. The van der Waals surface area contributed by atoms with Crippen LogP contribution >= 0.6 is 0 Å². The molecule has 1 fully saturated rings. The largest absolute Gasteiger partial charge is 0.474 e. The van der Waals surface area contributed by atoms with Crippen molar-refractivity contribution >= 4 is 22.7 Å². The van der Waals surface area contributed by atoms with E-state index in [-0.39, 0.29) is 29.6 Å². The maximum atomic E-state index is 14.6. The number of aromatic nitrogens is 3. The number of halogens is 1. The van der Waals surface area contributed by atoms with Crippen LogP contribution < -0.4 is 4.74 Å². The number of fused-ring (bicyclic) bond motifs is 1. The molecule has 164 valence electrons. The molecule has 1 aromatic carbocycles. The fraction of sp³-hybridized carbons (Fsp3) is 0.348. The monoisotopic (exact) mass is 435 g/mol. The smallest absolute Gasteiger partial charge is 0.410 e. The highest BCUT2D eigenvalue weighted by Gasteiger charge is 2.26. The Labute approximate surface area is 184 Å². The molecule has 3 aromatic rings. The molecule has 32 heavy (non-hydrogen) atoms. The van der Waals surface area contributed by atoms with Crippen LogP contribution in [0.25, 0.3) is 27.0 Å². The quantitative estimate of drug-likeness (QED) is 0.549. The molecule has 1 amide bonds. The van der Waals surface area contributed by atoms with Crippen LogP contribution in [0.5, 0.6) is 5.88 Å². The minimum Gasteiger partial charge on any atom is -0.474 e. The fourth-order valence-corrected chi connectivity index (χ4v) is 3.61. The summed E-state index contributed by atoms with van der Waals surface area (Å²) in [5.41, 5.74) is 1.29. The Morgan fingerprint density at radius 1 is 1.22 bits per heavy atom. The van der Waals surface area contributed by atoms with Gasteiger partial charge < -0.3 is 14.4 Å². The first-order chi connectivity index (χ1) is 15.5. The summed E-state index contributed by atoms with van der Waals surface area (Å²) >= 11 is 0. The molecule has 0 atom stereocenters. The number of nitrogens with zero attached hydrogens (tertiary/aromatic N) is 5.